The van der Waals surface area contributed by atoms with Gasteiger partial charge in [-0.05, 0) is 31.0 Å². The van der Waals surface area contributed by atoms with Gasteiger partial charge < -0.3 is 4.90 Å². The number of alkyl halides is 1. The van der Waals surface area contributed by atoms with Crippen molar-refractivity contribution in [2.24, 2.45) is 0 Å². The maximum absolute atomic E-state index is 12.1. The second kappa shape index (κ2) is 4.76. The van der Waals surface area contributed by atoms with Crippen LogP contribution in [0.2, 0.25) is 5.02 Å². The molecule has 2 rings (SSSR count). The van der Waals surface area contributed by atoms with Gasteiger partial charge in [-0.1, -0.05) is 33.6 Å². The molecule has 1 aliphatic heterocycles. The van der Waals surface area contributed by atoms with E-state index in [2.05, 4.69) is 15.9 Å². The molecule has 0 aromatic heterocycles. The maximum Gasteiger partial charge on any atom is 0.255 e. The molecule has 2 nitrogen and oxygen atoms in total. The van der Waals surface area contributed by atoms with Crippen LogP contribution < -0.4 is 0 Å². The molecule has 1 amide bonds. The Balaban J connectivity index is 2.21. The molecule has 0 spiro atoms. The highest BCUT2D eigenvalue weighted by atomic mass is 79.9. The molecule has 1 heterocycles. The second-order valence-corrected chi connectivity index (χ2v) is 5.82. The van der Waals surface area contributed by atoms with E-state index < -0.39 is 0 Å². The summed E-state index contributed by atoms with van der Waals surface area (Å²) in [5, 5.41) is 0.544. The van der Waals surface area contributed by atoms with Gasteiger partial charge in [0.15, 0.2) is 0 Å². The van der Waals surface area contributed by atoms with Crippen molar-refractivity contribution in [2.75, 3.05) is 13.1 Å². The number of amides is 1. The Morgan fingerprint density at radius 2 is 2.31 bits per heavy atom. The number of hydrogen-bond donors (Lipinski definition) is 0. The Morgan fingerprint density at radius 3 is 2.88 bits per heavy atom. The highest BCUT2D eigenvalue weighted by molar-refractivity contribution is 9.09. The third-order valence-corrected chi connectivity index (χ3v) is 3.83. The molecule has 1 aromatic carbocycles. The molecular formula is C12H13BrClNO. The van der Waals surface area contributed by atoms with Gasteiger partial charge in [-0.15, -0.1) is 0 Å². The van der Waals surface area contributed by atoms with Crippen molar-refractivity contribution in [2.45, 2.75) is 18.2 Å². The van der Waals surface area contributed by atoms with E-state index in [4.69, 9.17) is 11.6 Å². The lowest BCUT2D eigenvalue weighted by molar-refractivity contribution is 0.0793. The zero-order valence-corrected chi connectivity index (χ0v) is 11.4. The van der Waals surface area contributed by atoms with E-state index in [0.29, 0.717) is 15.4 Å². The summed E-state index contributed by atoms with van der Waals surface area (Å²) in [5.41, 5.74) is 1.68. The first kappa shape index (κ1) is 11.9. The van der Waals surface area contributed by atoms with E-state index in [9.17, 15) is 4.79 Å². The molecule has 1 unspecified atom stereocenters. The minimum atomic E-state index is 0.0342. The SMILES string of the molecule is Cc1ccc(C(=O)N2CCC(Br)C2)c(Cl)c1. The van der Waals surface area contributed by atoms with Gasteiger partial charge >= 0.3 is 0 Å². The average Bonchev–Trinajstić information content (AvgIpc) is 2.64. The lowest BCUT2D eigenvalue weighted by Gasteiger charge is -2.16. The fourth-order valence-corrected chi connectivity index (χ4v) is 2.74. The molecule has 0 aliphatic carbocycles. The number of benzene rings is 1. The van der Waals surface area contributed by atoms with Crippen molar-refractivity contribution in [3.8, 4) is 0 Å². The quantitative estimate of drug-likeness (QED) is 0.729. The van der Waals surface area contributed by atoms with Crippen LogP contribution in [0, 0.1) is 6.92 Å². The highest BCUT2D eigenvalue weighted by Gasteiger charge is 2.26. The highest BCUT2D eigenvalue weighted by Crippen LogP contribution is 2.23. The molecule has 1 aromatic rings. The first-order valence-corrected chi connectivity index (χ1v) is 6.57. The van der Waals surface area contributed by atoms with Crippen LogP contribution in [0.4, 0.5) is 0 Å². The van der Waals surface area contributed by atoms with Crippen molar-refractivity contribution in [3.05, 3.63) is 34.3 Å². The average molecular weight is 303 g/mol. The van der Waals surface area contributed by atoms with Crippen molar-refractivity contribution < 1.29 is 4.79 Å². The zero-order valence-electron chi connectivity index (χ0n) is 9.04. The van der Waals surface area contributed by atoms with Gasteiger partial charge in [0.2, 0.25) is 0 Å². The normalized spacial score (nSPS) is 20.2. The van der Waals surface area contributed by atoms with E-state index >= 15 is 0 Å². The summed E-state index contributed by atoms with van der Waals surface area (Å²) < 4.78 is 0. The Morgan fingerprint density at radius 1 is 1.56 bits per heavy atom. The topological polar surface area (TPSA) is 20.3 Å². The van der Waals surface area contributed by atoms with Crippen LogP contribution in [0.25, 0.3) is 0 Å². The Kier molecular flexibility index (Phi) is 3.55. The summed E-state index contributed by atoms with van der Waals surface area (Å²) in [6.07, 6.45) is 1.01. The Labute approximate surface area is 109 Å². The molecular weight excluding hydrogens is 289 g/mol. The minimum absolute atomic E-state index is 0.0342. The summed E-state index contributed by atoms with van der Waals surface area (Å²) in [7, 11) is 0. The van der Waals surface area contributed by atoms with Crippen LogP contribution in [0.1, 0.15) is 22.3 Å². The van der Waals surface area contributed by atoms with Crippen molar-refractivity contribution in [3.63, 3.8) is 0 Å². The molecule has 1 aliphatic rings. The molecule has 1 atom stereocenters. The molecule has 0 radical (unpaired) electrons. The summed E-state index contributed by atoms with van der Waals surface area (Å²) in [6.45, 7) is 3.53. The maximum atomic E-state index is 12.1. The van der Waals surface area contributed by atoms with Crippen LogP contribution >= 0.6 is 27.5 Å². The molecule has 1 fully saturated rings. The number of carbonyl (C=O) groups excluding carboxylic acids is 1. The first-order valence-electron chi connectivity index (χ1n) is 5.27. The standard InChI is InChI=1S/C12H13BrClNO/c1-8-2-3-10(11(14)6-8)12(16)15-5-4-9(13)7-15/h2-3,6,9H,4-5,7H2,1H3. The van der Waals surface area contributed by atoms with E-state index in [1.807, 2.05) is 30.0 Å². The van der Waals surface area contributed by atoms with E-state index in [-0.39, 0.29) is 5.91 Å². The number of likely N-dealkylation sites (tertiary alicyclic amines) is 1. The minimum Gasteiger partial charge on any atom is -0.337 e. The predicted octanol–water partition coefficient (Wildman–Crippen LogP) is 3.26. The monoisotopic (exact) mass is 301 g/mol. The fraction of sp³-hybridized carbons (Fsp3) is 0.417. The third-order valence-electron chi connectivity index (χ3n) is 2.77. The van der Waals surface area contributed by atoms with E-state index in [0.717, 1.165) is 25.1 Å². The van der Waals surface area contributed by atoms with Gasteiger partial charge in [-0.2, -0.15) is 0 Å². The first-order chi connectivity index (χ1) is 7.58. The molecule has 0 N–H and O–H groups in total. The largest absolute Gasteiger partial charge is 0.337 e. The number of rotatable bonds is 1. The third kappa shape index (κ3) is 2.41. The van der Waals surface area contributed by atoms with Gasteiger partial charge in [-0.3, -0.25) is 4.79 Å². The lowest BCUT2D eigenvalue weighted by Crippen LogP contribution is -2.29. The molecule has 1 saturated heterocycles. The van der Waals surface area contributed by atoms with Crippen LogP contribution in [-0.4, -0.2) is 28.7 Å². The van der Waals surface area contributed by atoms with Crippen molar-refractivity contribution >= 4 is 33.4 Å². The van der Waals surface area contributed by atoms with Crippen molar-refractivity contribution in [1.29, 1.82) is 0 Å². The number of halogens is 2. The van der Waals surface area contributed by atoms with Crippen LogP contribution in [0.5, 0.6) is 0 Å². The summed E-state index contributed by atoms with van der Waals surface area (Å²) in [4.78, 5) is 14.4. The second-order valence-electron chi connectivity index (χ2n) is 4.12. The van der Waals surface area contributed by atoms with E-state index in [1.165, 1.54) is 0 Å². The Hall–Kier alpha value is -0.540. The summed E-state index contributed by atoms with van der Waals surface area (Å²) in [6, 6.07) is 5.55. The number of carbonyl (C=O) groups is 1. The number of aryl methyl sites for hydroxylation is 1. The van der Waals surface area contributed by atoms with Gasteiger partial charge in [-0.25, -0.2) is 0 Å². The van der Waals surface area contributed by atoms with E-state index in [1.54, 1.807) is 0 Å². The molecule has 0 saturated carbocycles. The van der Waals surface area contributed by atoms with Crippen molar-refractivity contribution in [1.82, 2.24) is 4.90 Å². The van der Waals surface area contributed by atoms with Crippen LogP contribution in [-0.2, 0) is 0 Å². The van der Waals surface area contributed by atoms with Gasteiger partial charge in [0.25, 0.3) is 5.91 Å². The smallest absolute Gasteiger partial charge is 0.255 e. The molecule has 0 bridgehead atoms. The Bertz CT molecular complexity index is 421. The van der Waals surface area contributed by atoms with Crippen LogP contribution in [0.3, 0.4) is 0 Å². The number of nitrogens with zero attached hydrogens (tertiary/aromatic N) is 1. The van der Waals surface area contributed by atoms with Gasteiger partial charge in [0.05, 0.1) is 10.6 Å². The van der Waals surface area contributed by atoms with Gasteiger partial charge in [0, 0.05) is 17.9 Å². The fourth-order valence-electron chi connectivity index (χ4n) is 1.87. The molecule has 4 heteroatoms. The predicted molar refractivity (Wildman–Crippen MR) is 69.4 cm³/mol. The van der Waals surface area contributed by atoms with Crippen LogP contribution in [0.15, 0.2) is 18.2 Å². The van der Waals surface area contributed by atoms with Gasteiger partial charge in [0.1, 0.15) is 0 Å². The number of hydrogen-bond acceptors (Lipinski definition) is 1. The molecule has 16 heavy (non-hydrogen) atoms. The molecule has 86 valence electrons. The summed E-state index contributed by atoms with van der Waals surface area (Å²) >= 11 is 9.60. The lowest BCUT2D eigenvalue weighted by atomic mass is 10.1. The summed E-state index contributed by atoms with van der Waals surface area (Å²) in [5.74, 6) is 0.0342. The zero-order chi connectivity index (χ0) is 11.7.